The Morgan fingerprint density at radius 2 is 1.83 bits per heavy atom. The fraction of sp³-hybridized carbons (Fsp3) is 0.200. The molecule has 0 fully saturated rings. The zero-order valence-corrected chi connectivity index (χ0v) is 13.3. The molecular formula is C15H17N3O4S. The minimum Gasteiger partial charge on any atom is -0.379 e. The minimum atomic E-state index is -3.72. The number of nitrogens with zero attached hydrogens (tertiary/aromatic N) is 1. The Morgan fingerprint density at radius 1 is 1.13 bits per heavy atom. The van der Waals surface area contributed by atoms with E-state index in [0.29, 0.717) is 18.7 Å². The van der Waals surface area contributed by atoms with E-state index in [2.05, 4.69) is 10.0 Å². The summed E-state index contributed by atoms with van der Waals surface area (Å²) < 4.78 is 25.6. The monoisotopic (exact) mass is 335 g/mol. The molecule has 2 rings (SSSR count). The topological polar surface area (TPSA) is 101 Å². The van der Waals surface area contributed by atoms with Gasteiger partial charge in [-0.1, -0.05) is 30.3 Å². The highest BCUT2D eigenvalue weighted by molar-refractivity contribution is 7.89. The van der Waals surface area contributed by atoms with Gasteiger partial charge in [0.2, 0.25) is 10.0 Å². The number of benzene rings is 2. The van der Waals surface area contributed by atoms with Crippen LogP contribution < -0.4 is 10.0 Å². The van der Waals surface area contributed by atoms with Crippen molar-refractivity contribution in [3.8, 4) is 0 Å². The first kappa shape index (κ1) is 16.9. The Labute approximate surface area is 134 Å². The lowest BCUT2D eigenvalue weighted by Gasteiger charge is -2.09. The van der Waals surface area contributed by atoms with Crippen molar-refractivity contribution >= 4 is 21.4 Å². The molecule has 0 aliphatic carbocycles. The summed E-state index contributed by atoms with van der Waals surface area (Å²) in [5.74, 6) is 0. The molecule has 0 aliphatic rings. The summed E-state index contributed by atoms with van der Waals surface area (Å²) in [6.45, 7) is 0.503. The van der Waals surface area contributed by atoms with Crippen LogP contribution in [0.15, 0.2) is 53.4 Å². The first-order chi connectivity index (χ1) is 10.9. The SMILES string of the molecule is CNS(=O)(=O)c1ccc(NCCc2ccccc2)c([N+](=O)[O-])c1. The van der Waals surface area contributed by atoms with Gasteiger partial charge in [0.1, 0.15) is 5.69 Å². The van der Waals surface area contributed by atoms with Gasteiger partial charge < -0.3 is 5.32 Å². The van der Waals surface area contributed by atoms with Gasteiger partial charge >= 0.3 is 0 Å². The van der Waals surface area contributed by atoms with E-state index in [1.165, 1.54) is 19.2 Å². The van der Waals surface area contributed by atoms with Gasteiger partial charge in [0, 0.05) is 12.6 Å². The normalized spacial score (nSPS) is 11.2. The number of nitrogens with one attached hydrogen (secondary N) is 2. The van der Waals surface area contributed by atoms with Gasteiger partial charge in [-0.05, 0) is 31.2 Å². The van der Waals surface area contributed by atoms with Crippen molar-refractivity contribution in [1.82, 2.24) is 4.72 Å². The van der Waals surface area contributed by atoms with Gasteiger partial charge in [-0.15, -0.1) is 0 Å². The van der Waals surface area contributed by atoms with Crippen LogP contribution in [0, 0.1) is 10.1 Å². The Kier molecular flexibility index (Phi) is 5.30. The second-order valence-corrected chi connectivity index (χ2v) is 6.69. The van der Waals surface area contributed by atoms with Gasteiger partial charge in [-0.2, -0.15) is 0 Å². The van der Waals surface area contributed by atoms with Crippen LogP contribution in [-0.4, -0.2) is 26.9 Å². The zero-order valence-electron chi connectivity index (χ0n) is 12.5. The lowest BCUT2D eigenvalue weighted by Crippen LogP contribution is -2.19. The minimum absolute atomic E-state index is 0.139. The molecule has 0 spiro atoms. The second kappa shape index (κ2) is 7.21. The highest BCUT2D eigenvalue weighted by Crippen LogP contribution is 2.27. The standard InChI is InChI=1S/C15H17N3O4S/c1-16-23(21,22)13-7-8-14(15(11-13)18(19)20)17-10-9-12-5-3-2-4-6-12/h2-8,11,16-17H,9-10H2,1H3. The molecule has 23 heavy (non-hydrogen) atoms. The summed E-state index contributed by atoms with van der Waals surface area (Å²) in [6, 6.07) is 13.5. The van der Waals surface area contributed by atoms with Gasteiger partial charge in [-0.25, -0.2) is 13.1 Å². The van der Waals surface area contributed by atoms with Crippen LogP contribution in [-0.2, 0) is 16.4 Å². The van der Waals surface area contributed by atoms with Crippen LogP contribution in [0.4, 0.5) is 11.4 Å². The van der Waals surface area contributed by atoms with E-state index in [1.54, 1.807) is 0 Å². The summed E-state index contributed by atoms with van der Waals surface area (Å²) in [7, 11) is -2.46. The molecule has 2 aromatic carbocycles. The summed E-state index contributed by atoms with van der Waals surface area (Å²) in [5.41, 5.74) is 1.13. The average molecular weight is 335 g/mol. The third-order valence-corrected chi connectivity index (χ3v) is 4.73. The van der Waals surface area contributed by atoms with Crippen LogP contribution in [0.3, 0.4) is 0 Å². The Hall–Kier alpha value is -2.45. The first-order valence-electron chi connectivity index (χ1n) is 6.94. The fourth-order valence-electron chi connectivity index (χ4n) is 2.08. The van der Waals surface area contributed by atoms with Crippen molar-refractivity contribution in [2.75, 3.05) is 18.9 Å². The van der Waals surface area contributed by atoms with E-state index >= 15 is 0 Å². The molecule has 0 bridgehead atoms. The van der Waals surface area contributed by atoms with E-state index < -0.39 is 14.9 Å². The van der Waals surface area contributed by atoms with Crippen molar-refractivity contribution in [3.05, 3.63) is 64.2 Å². The lowest BCUT2D eigenvalue weighted by atomic mass is 10.1. The van der Waals surface area contributed by atoms with Crippen molar-refractivity contribution in [1.29, 1.82) is 0 Å². The molecule has 0 radical (unpaired) electrons. The number of sulfonamides is 1. The van der Waals surface area contributed by atoms with Gasteiger partial charge in [-0.3, -0.25) is 10.1 Å². The molecule has 0 atom stereocenters. The molecule has 0 saturated heterocycles. The van der Waals surface area contributed by atoms with E-state index in [0.717, 1.165) is 11.6 Å². The molecule has 0 aromatic heterocycles. The van der Waals surface area contributed by atoms with E-state index in [9.17, 15) is 18.5 Å². The number of hydrogen-bond donors (Lipinski definition) is 2. The van der Waals surface area contributed by atoms with Gasteiger partial charge in [0.15, 0.2) is 0 Å². The predicted octanol–water partition coefficient (Wildman–Crippen LogP) is 2.16. The maximum Gasteiger partial charge on any atom is 0.293 e. The second-order valence-electron chi connectivity index (χ2n) is 4.81. The van der Waals surface area contributed by atoms with Crippen LogP contribution >= 0.6 is 0 Å². The molecule has 2 N–H and O–H groups in total. The van der Waals surface area contributed by atoms with Gasteiger partial charge in [0.25, 0.3) is 5.69 Å². The summed E-state index contributed by atoms with van der Waals surface area (Å²) in [4.78, 5) is 10.4. The quantitative estimate of drug-likeness (QED) is 0.596. The Morgan fingerprint density at radius 3 is 2.43 bits per heavy atom. The van der Waals surface area contributed by atoms with Crippen molar-refractivity contribution in [2.24, 2.45) is 0 Å². The molecule has 122 valence electrons. The molecule has 0 unspecified atom stereocenters. The molecule has 8 heteroatoms. The summed E-state index contributed by atoms with van der Waals surface area (Å²) in [6.07, 6.45) is 0.703. The third-order valence-electron chi connectivity index (χ3n) is 3.32. The molecular weight excluding hydrogens is 318 g/mol. The van der Waals surface area contributed by atoms with Crippen molar-refractivity contribution < 1.29 is 13.3 Å². The third kappa shape index (κ3) is 4.27. The molecule has 2 aromatic rings. The highest BCUT2D eigenvalue weighted by atomic mass is 32.2. The fourth-order valence-corrected chi connectivity index (χ4v) is 2.83. The lowest BCUT2D eigenvalue weighted by molar-refractivity contribution is -0.384. The van der Waals surface area contributed by atoms with E-state index in [-0.39, 0.29) is 10.6 Å². The number of anilines is 1. The Balaban J connectivity index is 2.17. The number of nitro benzene ring substituents is 1. The van der Waals surface area contributed by atoms with E-state index in [4.69, 9.17) is 0 Å². The largest absolute Gasteiger partial charge is 0.379 e. The van der Waals surface area contributed by atoms with Gasteiger partial charge in [0.05, 0.1) is 9.82 Å². The summed E-state index contributed by atoms with van der Waals surface area (Å²) >= 11 is 0. The van der Waals surface area contributed by atoms with E-state index in [1.807, 2.05) is 30.3 Å². The molecule has 0 heterocycles. The maximum absolute atomic E-state index is 11.7. The number of nitro groups is 1. The zero-order chi connectivity index (χ0) is 16.9. The molecule has 0 saturated carbocycles. The molecule has 0 amide bonds. The van der Waals surface area contributed by atoms with Crippen LogP contribution in [0.5, 0.6) is 0 Å². The maximum atomic E-state index is 11.7. The Bertz CT molecular complexity index is 792. The molecule has 7 nitrogen and oxygen atoms in total. The van der Waals surface area contributed by atoms with Crippen LogP contribution in [0.1, 0.15) is 5.56 Å². The summed E-state index contributed by atoms with van der Waals surface area (Å²) in [5, 5.41) is 14.2. The van der Waals surface area contributed by atoms with Crippen LogP contribution in [0.25, 0.3) is 0 Å². The van der Waals surface area contributed by atoms with Crippen molar-refractivity contribution in [2.45, 2.75) is 11.3 Å². The number of rotatable bonds is 7. The highest BCUT2D eigenvalue weighted by Gasteiger charge is 2.20. The van der Waals surface area contributed by atoms with Crippen LogP contribution in [0.2, 0.25) is 0 Å². The average Bonchev–Trinajstić information content (AvgIpc) is 2.55. The molecule has 0 aliphatic heterocycles. The smallest absolute Gasteiger partial charge is 0.293 e. The van der Waals surface area contributed by atoms with Crippen molar-refractivity contribution in [3.63, 3.8) is 0 Å². The first-order valence-corrected chi connectivity index (χ1v) is 8.42. The number of hydrogen-bond acceptors (Lipinski definition) is 5. The predicted molar refractivity (Wildman–Crippen MR) is 88.0 cm³/mol.